The van der Waals surface area contributed by atoms with Crippen molar-refractivity contribution in [2.24, 2.45) is 0 Å². The molecule has 1 saturated heterocycles. The van der Waals surface area contributed by atoms with Crippen LogP contribution in [0.3, 0.4) is 0 Å². The van der Waals surface area contributed by atoms with Crippen LogP contribution in [0.2, 0.25) is 0 Å². The van der Waals surface area contributed by atoms with Gasteiger partial charge in [0.05, 0.1) is 6.04 Å². The molecule has 0 bridgehead atoms. The highest BCUT2D eigenvalue weighted by atomic mass is 16.6. The lowest BCUT2D eigenvalue weighted by molar-refractivity contribution is -0.140. The number of amides is 2. The summed E-state index contributed by atoms with van der Waals surface area (Å²) in [4.78, 5) is 26.0. The predicted octanol–water partition coefficient (Wildman–Crippen LogP) is 3.12. The Morgan fingerprint density at radius 2 is 2.17 bits per heavy atom. The van der Waals surface area contributed by atoms with Crippen LogP contribution < -0.4 is 0 Å². The molecular weight excluding hydrogens is 294 g/mol. The third-order valence-electron chi connectivity index (χ3n) is 4.24. The largest absolute Gasteiger partial charge is 0.447 e. The summed E-state index contributed by atoms with van der Waals surface area (Å²) in [6, 6.07) is 9.48. The number of cyclic esters (lactones) is 1. The third-order valence-corrected chi connectivity index (χ3v) is 4.24. The molecule has 5 heteroatoms. The van der Waals surface area contributed by atoms with E-state index in [9.17, 15) is 9.59 Å². The lowest BCUT2D eigenvalue weighted by Crippen LogP contribution is -2.47. The van der Waals surface area contributed by atoms with Gasteiger partial charge in [0.15, 0.2) is 0 Å². The molecule has 0 spiro atoms. The first-order valence-corrected chi connectivity index (χ1v) is 7.78. The van der Waals surface area contributed by atoms with Crippen molar-refractivity contribution in [1.82, 2.24) is 4.90 Å². The fraction of sp³-hybridized carbons (Fsp3) is 0.444. The molecule has 124 valence electrons. The first kappa shape index (κ1) is 17.2. The fourth-order valence-corrected chi connectivity index (χ4v) is 2.80. The maximum absolute atomic E-state index is 12.7. The molecule has 1 heterocycles. The quantitative estimate of drug-likeness (QED) is 0.725. The van der Waals surface area contributed by atoms with Crippen molar-refractivity contribution in [2.75, 3.05) is 13.7 Å². The Balaban J connectivity index is 2.18. The second-order valence-corrected chi connectivity index (χ2v) is 5.64. The molecule has 0 aliphatic carbocycles. The summed E-state index contributed by atoms with van der Waals surface area (Å²) in [6.45, 7) is 5.85. The number of allylic oxidation sites excluding steroid dienone is 1. The van der Waals surface area contributed by atoms with Crippen LogP contribution in [-0.2, 0) is 14.3 Å². The molecular formula is C18H23NO4. The molecule has 0 N–H and O–H groups in total. The fourth-order valence-electron chi connectivity index (χ4n) is 2.80. The van der Waals surface area contributed by atoms with Crippen molar-refractivity contribution in [3.05, 3.63) is 48.6 Å². The molecule has 1 aromatic carbocycles. The summed E-state index contributed by atoms with van der Waals surface area (Å²) in [6.07, 6.45) is 1.61. The van der Waals surface area contributed by atoms with Crippen LogP contribution in [0.15, 0.2) is 43.0 Å². The first-order valence-electron chi connectivity index (χ1n) is 7.78. The second kappa shape index (κ2) is 7.92. The van der Waals surface area contributed by atoms with E-state index < -0.39 is 12.2 Å². The molecule has 0 saturated carbocycles. The summed E-state index contributed by atoms with van der Waals surface area (Å²) in [5.74, 6) is -0.354. The van der Waals surface area contributed by atoms with Crippen LogP contribution >= 0.6 is 0 Å². The molecule has 1 fully saturated rings. The minimum absolute atomic E-state index is 0.0106. The number of carbonyl (C=O) groups is 2. The lowest BCUT2D eigenvalue weighted by atomic mass is 9.93. The van der Waals surface area contributed by atoms with Gasteiger partial charge in [0.25, 0.3) is 5.91 Å². The van der Waals surface area contributed by atoms with Crippen LogP contribution in [0.5, 0.6) is 0 Å². The van der Waals surface area contributed by atoms with Gasteiger partial charge >= 0.3 is 6.09 Å². The van der Waals surface area contributed by atoms with E-state index in [1.807, 2.05) is 37.3 Å². The maximum atomic E-state index is 12.7. The van der Waals surface area contributed by atoms with E-state index >= 15 is 0 Å². The Hall–Kier alpha value is -2.14. The van der Waals surface area contributed by atoms with E-state index in [-0.39, 0.29) is 24.5 Å². The number of nitrogens with zero attached hydrogens (tertiary/aromatic N) is 1. The summed E-state index contributed by atoms with van der Waals surface area (Å²) in [5, 5.41) is 0. The highest BCUT2D eigenvalue weighted by Gasteiger charge is 2.43. The molecule has 2 rings (SSSR count). The Bertz CT molecular complexity index is 557. The predicted molar refractivity (Wildman–Crippen MR) is 87.1 cm³/mol. The number of rotatable bonds is 7. The maximum Gasteiger partial charge on any atom is 0.417 e. The van der Waals surface area contributed by atoms with Crippen molar-refractivity contribution in [3.63, 3.8) is 0 Å². The second-order valence-electron chi connectivity index (χ2n) is 5.64. The smallest absolute Gasteiger partial charge is 0.417 e. The standard InChI is InChI=1S/C18H23NO4/c1-4-5-11-16(22-3)17(20)19-15(12-23-18(19)21)13(2)14-9-7-6-8-10-14/h4,6-10,13,15-16H,1,5,11-12H2,2-3H3/t13?,15-,16-/m0/s1. The van der Waals surface area contributed by atoms with Crippen LogP contribution in [0.25, 0.3) is 0 Å². The zero-order valence-electron chi connectivity index (χ0n) is 13.6. The summed E-state index contributed by atoms with van der Waals surface area (Å²) in [7, 11) is 1.47. The topological polar surface area (TPSA) is 55.8 Å². The van der Waals surface area contributed by atoms with Gasteiger partial charge in [-0.1, -0.05) is 43.3 Å². The molecule has 0 aromatic heterocycles. The van der Waals surface area contributed by atoms with Gasteiger partial charge in [-0.3, -0.25) is 4.79 Å². The summed E-state index contributed by atoms with van der Waals surface area (Å²) >= 11 is 0. The van der Waals surface area contributed by atoms with Gasteiger partial charge in [0.1, 0.15) is 12.7 Å². The highest BCUT2D eigenvalue weighted by Crippen LogP contribution is 2.29. The molecule has 1 aromatic rings. The first-order chi connectivity index (χ1) is 11.1. The van der Waals surface area contributed by atoms with E-state index in [0.29, 0.717) is 12.8 Å². The van der Waals surface area contributed by atoms with Crippen LogP contribution in [0.1, 0.15) is 31.2 Å². The number of carbonyl (C=O) groups excluding carboxylic acids is 2. The van der Waals surface area contributed by atoms with Crippen LogP contribution in [-0.4, -0.2) is 42.8 Å². The number of hydrogen-bond acceptors (Lipinski definition) is 4. The molecule has 1 aliphatic rings. The average molecular weight is 317 g/mol. The average Bonchev–Trinajstić information content (AvgIpc) is 2.97. The zero-order chi connectivity index (χ0) is 16.8. The Kier molecular flexibility index (Phi) is 5.93. The summed E-state index contributed by atoms with van der Waals surface area (Å²) in [5.41, 5.74) is 1.06. The Morgan fingerprint density at radius 1 is 1.48 bits per heavy atom. The molecule has 3 atom stereocenters. The van der Waals surface area contributed by atoms with E-state index in [1.165, 1.54) is 12.0 Å². The van der Waals surface area contributed by atoms with Gasteiger partial charge in [-0.05, 0) is 18.4 Å². The number of imide groups is 1. The van der Waals surface area contributed by atoms with Crippen molar-refractivity contribution in [3.8, 4) is 0 Å². The van der Waals surface area contributed by atoms with E-state index in [0.717, 1.165) is 5.56 Å². The monoisotopic (exact) mass is 317 g/mol. The van der Waals surface area contributed by atoms with E-state index in [1.54, 1.807) is 6.08 Å². The Morgan fingerprint density at radius 3 is 2.78 bits per heavy atom. The number of hydrogen-bond donors (Lipinski definition) is 0. The van der Waals surface area contributed by atoms with E-state index in [2.05, 4.69) is 6.58 Å². The molecule has 1 unspecified atom stereocenters. The van der Waals surface area contributed by atoms with Gasteiger partial charge in [-0.15, -0.1) is 6.58 Å². The summed E-state index contributed by atoms with van der Waals surface area (Å²) < 4.78 is 10.4. The van der Waals surface area contributed by atoms with Crippen LogP contribution in [0, 0.1) is 0 Å². The zero-order valence-corrected chi connectivity index (χ0v) is 13.6. The minimum atomic E-state index is -0.663. The van der Waals surface area contributed by atoms with Crippen molar-refractivity contribution in [2.45, 2.75) is 37.8 Å². The highest BCUT2D eigenvalue weighted by molar-refractivity contribution is 5.96. The van der Waals surface area contributed by atoms with Gasteiger partial charge in [-0.2, -0.15) is 0 Å². The number of benzene rings is 1. The minimum Gasteiger partial charge on any atom is -0.447 e. The SMILES string of the molecule is C=CCC[C@H](OC)C(=O)N1C(=O)OC[C@H]1C(C)c1ccccc1. The van der Waals surface area contributed by atoms with E-state index in [4.69, 9.17) is 9.47 Å². The van der Waals surface area contributed by atoms with Crippen LogP contribution in [0.4, 0.5) is 4.79 Å². The van der Waals surface area contributed by atoms with Crippen molar-refractivity contribution in [1.29, 1.82) is 0 Å². The van der Waals surface area contributed by atoms with Gasteiger partial charge < -0.3 is 9.47 Å². The lowest BCUT2D eigenvalue weighted by Gasteiger charge is -2.28. The molecule has 2 amide bonds. The molecule has 23 heavy (non-hydrogen) atoms. The molecule has 1 aliphatic heterocycles. The third kappa shape index (κ3) is 3.79. The van der Waals surface area contributed by atoms with Gasteiger partial charge in [0, 0.05) is 13.0 Å². The molecule has 5 nitrogen and oxygen atoms in total. The normalized spacial score (nSPS) is 20.0. The van der Waals surface area contributed by atoms with Gasteiger partial charge in [0.2, 0.25) is 0 Å². The van der Waals surface area contributed by atoms with Gasteiger partial charge in [-0.25, -0.2) is 9.69 Å². The Labute approximate surface area is 136 Å². The van der Waals surface area contributed by atoms with Crippen molar-refractivity contribution >= 4 is 12.0 Å². The van der Waals surface area contributed by atoms with Crippen molar-refractivity contribution < 1.29 is 19.1 Å². The number of ether oxygens (including phenoxy) is 2. The molecule has 0 radical (unpaired) electrons. The number of methoxy groups -OCH3 is 1.